The number of hydrogen-bond acceptors (Lipinski definition) is 7. The van der Waals surface area contributed by atoms with Gasteiger partial charge < -0.3 is 5.11 Å². The van der Waals surface area contributed by atoms with Crippen LogP contribution in [-0.2, 0) is 19.4 Å². The highest BCUT2D eigenvalue weighted by Gasteiger charge is 2.47. The lowest BCUT2D eigenvalue weighted by Crippen LogP contribution is -2.29. The molecule has 200 valence electrons. The van der Waals surface area contributed by atoms with E-state index in [1.807, 2.05) is 36.4 Å². The fourth-order valence-corrected chi connectivity index (χ4v) is 5.30. The van der Waals surface area contributed by atoms with Gasteiger partial charge in [-0.05, 0) is 65.2 Å². The zero-order chi connectivity index (χ0) is 28.6. The summed E-state index contributed by atoms with van der Waals surface area (Å²) in [5, 5.41) is 22.5. The number of anilines is 1. The molecule has 1 fully saturated rings. The van der Waals surface area contributed by atoms with Crippen molar-refractivity contribution in [3.05, 3.63) is 130 Å². The summed E-state index contributed by atoms with van der Waals surface area (Å²) < 4.78 is 23.8. The molecule has 0 radical (unpaired) electrons. The molecule has 9 nitrogen and oxygen atoms in total. The molecule has 1 N–H and O–H groups in total. The molecule has 1 aliphatic heterocycles. The van der Waals surface area contributed by atoms with E-state index in [2.05, 4.69) is 0 Å². The summed E-state index contributed by atoms with van der Waals surface area (Å²) in [6.45, 7) is 0. The third-order valence-electron chi connectivity index (χ3n) is 6.65. The van der Waals surface area contributed by atoms with Gasteiger partial charge in [0, 0.05) is 29.6 Å². The summed E-state index contributed by atoms with van der Waals surface area (Å²) in [5.74, 6) is -2.33. The van der Waals surface area contributed by atoms with E-state index in [1.54, 1.807) is 18.2 Å². The second-order valence-electron chi connectivity index (χ2n) is 9.23. The Morgan fingerprint density at radius 1 is 0.850 bits per heavy atom. The van der Waals surface area contributed by atoms with Crippen LogP contribution in [0.15, 0.2) is 114 Å². The highest BCUT2D eigenvalue weighted by molar-refractivity contribution is 7.90. The van der Waals surface area contributed by atoms with E-state index in [9.17, 15) is 33.2 Å². The van der Waals surface area contributed by atoms with Gasteiger partial charge in [0.05, 0.1) is 21.4 Å². The molecule has 0 bridgehead atoms. The number of aliphatic hydroxyl groups excluding tert-OH is 1. The first-order chi connectivity index (χ1) is 19.1. The molecular formula is C30H22N2O7S. The third kappa shape index (κ3) is 4.87. The monoisotopic (exact) mass is 554 g/mol. The van der Waals surface area contributed by atoms with Gasteiger partial charge in [-0.3, -0.25) is 24.6 Å². The molecule has 4 aromatic rings. The number of rotatable bonds is 6. The Hall–Kier alpha value is -5.09. The number of carbonyl (C=O) groups excluding carboxylic acids is 2. The number of carbonyl (C=O) groups is 2. The average molecular weight is 555 g/mol. The van der Waals surface area contributed by atoms with Crippen molar-refractivity contribution in [2.24, 2.45) is 0 Å². The Kier molecular flexibility index (Phi) is 6.78. The number of amides is 1. The Labute approximate surface area is 229 Å². The largest absolute Gasteiger partial charge is 0.507 e. The van der Waals surface area contributed by atoms with E-state index in [0.717, 1.165) is 17.4 Å². The number of nitro groups is 1. The van der Waals surface area contributed by atoms with Crippen LogP contribution in [0.3, 0.4) is 0 Å². The van der Waals surface area contributed by atoms with Gasteiger partial charge in [0.2, 0.25) is 0 Å². The molecule has 40 heavy (non-hydrogen) atoms. The predicted octanol–water partition coefficient (Wildman–Crippen LogP) is 5.29. The zero-order valence-electron chi connectivity index (χ0n) is 21.1. The maximum Gasteiger partial charge on any atom is 0.300 e. The Morgan fingerprint density at radius 2 is 1.48 bits per heavy atom. The van der Waals surface area contributed by atoms with Gasteiger partial charge in [0.25, 0.3) is 17.4 Å². The van der Waals surface area contributed by atoms with Crippen molar-refractivity contribution in [3.63, 3.8) is 0 Å². The number of hydrogen-bond donors (Lipinski definition) is 1. The maximum absolute atomic E-state index is 13.5. The lowest BCUT2D eigenvalue weighted by atomic mass is 9.94. The summed E-state index contributed by atoms with van der Waals surface area (Å²) >= 11 is 0. The van der Waals surface area contributed by atoms with Gasteiger partial charge in [-0.15, -0.1) is 0 Å². The van der Waals surface area contributed by atoms with Gasteiger partial charge in [-0.25, -0.2) is 8.42 Å². The first-order valence-electron chi connectivity index (χ1n) is 12.1. The lowest BCUT2D eigenvalue weighted by Gasteiger charge is -2.26. The van der Waals surface area contributed by atoms with Gasteiger partial charge >= 0.3 is 0 Å². The molecule has 4 aromatic carbocycles. The summed E-state index contributed by atoms with van der Waals surface area (Å²) in [6, 6.07) is 26.0. The molecule has 1 amide bonds. The molecule has 10 heteroatoms. The minimum absolute atomic E-state index is 0.0224. The molecule has 1 saturated heterocycles. The predicted molar refractivity (Wildman–Crippen MR) is 149 cm³/mol. The number of benzene rings is 4. The quantitative estimate of drug-likeness (QED) is 0.112. The summed E-state index contributed by atoms with van der Waals surface area (Å²) in [4.78, 5) is 38.9. The average Bonchev–Trinajstić information content (AvgIpc) is 3.22. The van der Waals surface area contributed by atoms with E-state index >= 15 is 0 Å². The molecular weight excluding hydrogens is 532 g/mol. The van der Waals surface area contributed by atoms with Crippen molar-refractivity contribution in [2.45, 2.75) is 10.9 Å². The maximum atomic E-state index is 13.5. The highest BCUT2D eigenvalue weighted by atomic mass is 32.2. The van der Waals surface area contributed by atoms with Crippen molar-refractivity contribution >= 4 is 38.7 Å². The normalized spacial score (nSPS) is 16.7. The van der Waals surface area contributed by atoms with Crippen LogP contribution in [0, 0.1) is 10.1 Å². The number of nitrogens with zero attached hydrogens (tertiary/aromatic N) is 2. The molecule has 1 aliphatic rings. The fraction of sp³-hybridized carbons (Fsp3) is 0.0667. The molecule has 1 unspecified atom stereocenters. The minimum Gasteiger partial charge on any atom is -0.507 e. The first-order valence-corrected chi connectivity index (χ1v) is 14.0. The molecule has 1 atom stereocenters. The van der Waals surface area contributed by atoms with Crippen molar-refractivity contribution < 1.29 is 28.0 Å². The fourth-order valence-electron chi connectivity index (χ4n) is 4.67. The van der Waals surface area contributed by atoms with Crippen molar-refractivity contribution in [2.75, 3.05) is 11.2 Å². The Morgan fingerprint density at radius 3 is 2.08 bits per heavy atom. The van der Waals surface area contributed by atoms with Crippen LogP contribution >= 0.6 is 0 Å². The number of ketones is 1. The molecule has 0 aliphatic carbocycles. The molecule has 5 rings (SSSR count). The third-order valence-corrected chi connectivity index (χ3v) is 7.78. The van der Waals surface area contributed by atoms with E-state index in [1.165, 1.54) is 53.4 Å². The number of non-ortho nitro benzene ring substituents is 1. The van der Waals surface area contributed by atoms with E-state index in [0.29, 0.717) is 11.3 Å². The Bertz CT molecular complexity index is 1780. The number of aliphatic hydroxyl groups is 1. The van der Waals surface area contributed by atoms with Crippen LogP contribution in [-0.4, -0.2) is 36.4 Å². The number of nitro benzene ring substituents is 1. The minimum atomic E-state index is -3.50. The van der Waals surface area contributed by atoms with Gasteiger partial charge in [0.15, 0.2) is 9.84 Å². The van der Waals surface area contributed by atoms with Crippen molar-refractivity contribution in [1.29, 1.82) is 0 Å². The second kappa shape index (κ2) is 10.2. The SMILES string of the molecule is CS(=O)(=O)c1ccc(/C(O)=C2/C(=O)C(=O)N(c3cccc(-c4ccccc4)c3)C2c2ccc([N+](=O)[O-])cc2)cc1. The molecule has 1 heterocycles. The van der Waals surface area contributed by atoms with Crippen LogP contribution in [0.4, 0.5) is 11.4 Å². The van der Waals surface area contributed by atoms with Crippen LogP contribution in [0.25, 0.3) is 16.9 Å². The van der Waals surface area contributed by atoms with Gasteiger partial charge in [-0.2, -0.15) is 0 Å². The van der Waals surface area contributed by atoms with E-state index < -0.39 is 38.3 Å². The molecule has 0 aromatic heterocycles. The summed E-state index contributed by atoms with van der Waals surface area (Å²) in [6.07, 6.45) is 1.05. The van der Waals surface area contributed by atoms with Crippen LogP contribution in [0.1, 0.15) is 17.2 Å². The molecule has 0 spiro atoms. The smallest absolute Gasteiger partial charge is 0.300 e. The van der Waals surface area contributed by atoms with Crippen LogP contribution in [0.2, 0.25) is 0 Å². The van der Waals surface area contributed by atoms with E-state index in [4.69, 9.17) is 0 Å². The summed E-state index contributed by atoms with van der Waals surface area (Å²) in [7, 11) is -3.50. The standard InChI is InChI=1S/C30H22N2O7S/c1-40(38,39)25-16-12-21(13-17-25)28(33)26-27(20-10-14-23(15-11-20)32(36)37)31(30(35)29(26)34)24-9-5-8-22(18-24)19-6-3-2-4-7-19/h2-18,27,33H,1H3/b28-26-. The van der Waals surface area contributed by atoms with Crippen molar-refractivity contribution in [1.82, 2.24) is 0 Å². The first kappa shape index (κ1) is 26.5. The van der Waals surface area contributed by atoms with E-state index in [-0.39, 0.29) is 21.7 Å². The highest BCUT2D eigenvalue weighted by Crippen LogP contribution is 2.43. The molecule has 0 saturated carbocycles. The Balaban J connectivity index is 1.68. The number of sulfone groups is 1. The number of Topliss-reactive ketones (excluding diaryl/α,β-unsaturated/α-hetero) is 1. The lowest BCUT2D eigenvalue weighted by molar-refractivity contribution is -0.384. The van der Waals surface area contributed by atoms with Gasteiger partial charge in [-0.1, -0.05) is 42.5 Å². The summed E-state index contributed by atoms with van der Waals surface area (Å²) in [5.41, 5.74) is 2.16. The van der Waals surface area contributed by atoms with Crippen LogP contribution < -0.4 is 4.90 Å². The second-order valence-corrected chi connectivity index (χ2v) is 11.2. The topological polar surface area (TPSA) is 135 Å². The zero-order valence-corrected chi connectivity index (χ0v) is 21.9. The van der Waals surface area contributed by atoms with Crippen molar-refractivity contribution in [3.8, 4) is 11.1 Å². The van der Waals surface area contributed by atoms with Gasteiger partial charge in [0.1, 0.15) is 5.76 Å². The van der Waals surface area contributed by atoms with Crippen LogP contribution in [0.5, 0.6) is 0 Å².